The predicted octanol–water partition coefficient (Wildman–Crippen LogP) is 3.93. The molecule has 4 nitrogen and oxygen atoms in total. The van der Waals surface area contributed by atoms with Gasteiger partial charge >= 0.3 is 0 Å². The van der Waals surface area contributed by atoms with Crippen LogP contribution in [0.2, 0.25) is 0 Å². The largest absolute Gasteiger partial charge is 0.384 e. The highest BCUT2D eigenvalue weighted by atomic mass is 32.1. The van der Waals surface area contributed by atoms with Crippen molar-refractivity contribution in [2.75, 3.05) is 19.0 Å². The van der Waals surface area contributed by atoms with Crippen molar-refractivity contribution < 1.29 is 4.74 Å². The van der Waals surface area contributed by atoms with Crippen LogP contribution >= 0.6 is 11.5 Å². The summed E-state index contributed by atoms with van der Waals surface area (Å²) in [6, 6.07) is 10.7. The minimum Gasteiger partial charge on any atom is -0.384 e. The Morgan fingerprint density at radius 1 is 1.24 bits per heavy atom. The predicted molar refractivity (Wildman–Crippen MR) is 87.7 cm³/mol. The molecule has 114 valence electrons. The normalized spacial score (nSPS) is 13.1. The Hall–Kier alpha value is -1.46. The van der Waals surface area contributed by atoms with Gasteiger partial charge in [-0.25, -0.2) is 4.98 Å². The van der Waals surface area contributed by atoms with Crippen molar-refractivity contribution >= 4 is 16.7 Å². The molecule has 0 amide bonds. The molecule has 0 aliphatic carbocycles. The Labute approximate surface area is 130 Å². The second kappa shape index (κ2) is 7.00. The zero-order valence-corrected chi connectivity index (χ0v) is 13.9. The Balaban J connectivity index is 2.14. The summed E-state index contributed by atoms with van der Waals surface area (Å²) in [4.78, 5) is 4.54. The fourth-order valence-corrected chi connectivity index (χ4v) is 2.82. The molecule has 0 bridgehead atoms. The van der Waals surface area contributed by atoms with Gasteiger partial charge in [-0.2, -0.15) is 4.37 Å². The molecule has 1 aromatic carbocycles. The van der Waals surface area contributed by atoms with Crippen molar-refractivity contribution in [3.05, 3.63) is 41.7 Å². The highest BCUT2D eigenvalue weighted by molar-refractivity contribution is 7.09. The minimum absolute atomic E-state index is 0.0831. The van der Waals surface area contributed by atoms with Crippen LogP contribution in [0.25, 0.3) is 0 Å². The number of anilines is 1. The molecule has 0 spiro atoms. The van der Waals surface area contributed by atoms with Crippen molar-refractivity contribution in [1.29, 1.82) is 0 Å². The van der Waals surface area contributed by atoms with Crippen molar-refractivity contribution in [1.82, 2.24) is 9.36 Å². The van der Waals surface area contributed by atoms with Crippen molar-refractivity contribution in [2.45, 2.75) is 33.2 Å². The maximum atomic E-state index is 5.06. The average Bonchev–Trinajstić information content (AvgIpc) is 2.90. The van der Waals surface area contributed by atoms with Crippen LogP contribution in [-0.2, 0) is 11.2 Å². The van der Waals surface area contributed by atoms with Gasteiger partial charge in [0.05, 0.1) is 12.6 Å². The van der Waals surface area contributed by atoms with Gasteiger partial charge in [-0.15, -0.1) is 0 Å². The fourth-order valence-electron chi connectivity index (χ4n) is 2.18. The standard InChI is InChI=1S/C16H23N3OS/c1-16(2,3)14(12-8-6-5-7-9-12)18-15-17-13(19-21-15)10-11-20-4/h5-9,14H,10-11H2,1-4H3,(H,17,18,19). The number of nitrogens with one attached hydrogen (secondary N) is 1. The first-order chi connectivity index (χ1) is 10.0. The summed E-state index contributed by atoms with van der Waals surface area (Å²) < 4.78 is 9.43. The van der Waals surface area contributed by atoms with E-state index in [-0.39, 0.29) is 11.5 Å². The van der Waals surface area contributed by atoms with E-state index in [1.807, 2.05) is 6.07 Å². The number of rotatable bonds is 6. The van der Waals surface area contributed by atoms with E-state index < -0.39 is 0 Å². The molecule has 2 aromatic rings. The van der Waals surface area contributed by atoms with E-state index in [0.29, 0.717) is 6.61 Å². The summed E-state index contributed by atoms with van der Waals surface area (Å²) >= 11 is 1.41. The quantitative estimate of drug-likeness (QED) is 0.878. The maximum absolute atomic E-state index is 5.06. The SMILES string of the molecule is COCCc1nsc(NC(c2ccccc2)C(C)(C)C)n1. The lowest BCUT2D eigenvalue weighted by Crippen LogP contribution is -2.25. The first kappa shape index (κ1) is 15.9. The fraction of sp³-hybridized carbons (Fsp3) is 0.500. The van der Waals surface area contributed by atoms with E-state index in [4.69, 9.17) is 4.74 Å². The summed E-state index contributed by atoms with van der Waals surface area (Å²) in [6.07, 6.45) is 0.750. The Kier molecular flexibility index (Phi) is 5.31. The van der Waals surface area contributed by atoms with Gasteiger partial charge in [-0.1, -0.05) is 51.1 Å². The third-order valence-corrected chi connectivity index (χ3v) is 3.95. The molecule has 2 rings (SSSR count). The van der Waals surface area contributed by atoms with Crippen LogP contribution in [0.4, 0.5) is 5.13 Å². The summed E-state index contributed by atoms with van der Waals surface area (Å²) in [5.74, 6) is 0.838. The summed E-state index contributed by atoms with van der Waals surface area (Å²) in [6.45, 7) is 7.33. The number of hydrogen-bond donors (Lipinski definition) is 1. The Morgan fingerprint density at radius 3 is 2.57 bits per heavy atom. The van der Waals surface area contributed by atoms with Crippen LogP contribution in [0.15, 0.2) is 30.3 Å². The third kappa shape index (κ3) is 4.51. The molecule has 1 unspecified atom stereocenters. The number of nitrogens with zero attached hydrogens (tertiary/aromatic N) is 2. The van der Waals surface area contributed by atoms with Crippen molar-refractivity contribution in [3.8, 4) is 0 Å². The molecule has 0 radical (unpaired) electrons. The summed E-state index contributed by atoms with van der Waals surface area (Å²) in [7, 11) is 1.69. The maximum Gasteiger partial charge on any atom is 0.203 e. The molecular formula is C16H23N3OS. The van der Waals surface area contributed by atoms with E-state index in [1.54, 1.807) is 7.11 Å². The van der Waals surface area contributed by atoms with E-state index in [0.717, 1.165) is 17.4 Å². The number of aromatic nitrogens is 2. The highest BCUT2D eigenvalue weighted by Gasteiger charge is 2.27. The number of methoxy groups -OCH3 is 1. The van der Waals surface area contributed by atoms with E-state index in [2.05, 4.69) is 59.7 Å². The monoisotopic (exact) mass is 305 g/mol. The minimum atomic E-state index is 0.0831. The van der Waals surface area contributed by atoms with E-state index in [9.17, 15) is 0 Å². The number of hydrogen-bond acceptors (Lipinski definition) is 5. The van der Waals surface area contributed by atoms with Crippen LogP contribution < -0.4 is 5.32 Å². The van der Waals surface area contributed by atoms with Crippen LogP contribution in [0.3, 0.4) is 0 Å². The molecule has 0 aliphatic heterocycles. The van der Waals surface area contributed by atoms with Crippen LogP contribution in [0.5, 0.6) is 0 Å². The van der Waals surface area contributed by atoms with Crippen LogP contribution in [0, 0.1) is 5.41 Å². The van der Waals surface area contributed by atoms with E-state index in [1.165, 1.54) is 17.1 Å². The van der Waals surface area contributed by atoms with Gasteiger partial charge in [0.1, 0.15) is 5.82 Å². The zero-order chi connectivity index (χ0) is 15.3. The molecule has 21 heavy (non-hydrogen) atoms. The van der Waals surface area contributed by atoms with Crippen molar-refractivity contribution in [3.63, 3.8) is 0 Å². The van der Waals surface area contributed by atoms with Gasteiger partial charge < -0.3 is 10.1 Å². The second-order valence-electron chi connectivity index (χ2n) is 6.11. The van der Waals surface area contributed by atoms with Gasteiger partial charge in [0.25, 0.3) is 0 Å². The molecule has 0 saturated heterocycles. The smallest absolute Gasteiger partial charge is 0.203 e. The first-order valence-electron chi connectivity index (χ1n) is 7.13. The summed E-state index contributed by atoms with van der Waals surface area (Å²) in [5.41, 5.74) is 1.35. The lowest BCUT2D eigenvalue weighted by Gasteiger charge is -2.31. The molecule has 0 saturated carbocycles. The van der Waals surface area contributed by atoms with Crippen LogP contribution in [0.1, 0.15) is 38.2 Å². The zero-order valence-electron chi connectivity index (χ0n) is 13.1. The lowest BCUT2D eigenvalue weighted by molar-refractivity contribution is 0.201. The molecule has 0 aliphatic rings. The van der Waals surface area contributed by atoms with Gasteiger partial charge in [0, 0.05) is 25.1 Å². The molecule has 1 heterocycles. The van der Waals surface area contributed by atoms with Crippen molar-refractivity contribution in [2.24, 2.45) is 5.41 Å². The highest BCUT2D eigenvalue weighted by Crippen LogP contribution is 2.36. The summed E-state index contributed by atoms with van der Waals surface area (Å²) in [5, 5.41) is 4.40. The lowest BCUT2D eigenvalue weighted by atomic mass is 9.82. The molecule has 1 atom stereocenters. The van der Waals surface area contributed by atoms with E-state index >= 15 is 0 Å². The number of ether oxygens (including phenoxy) is 1. The Morgan fingerprint density at radius 2 is 1.95 bits per heavy atom. The number of benzene rings is 1. The molecule has 0 fully saturated rings. The molecular weight excluding hydrogens is 282 g/mol. The molecule has 1 N–H and O–H groups in total. The molecule has 5 heteroatoms. The first-order valence-corrected chi connectivity index (χ1v) is 7.91. The molecule has 1 aromatic heterocycles. The van der Waals surface area contributed by atoms with Gasteiger partial charge in [-0.3, -0.25) is 0 Å². The second-order valence-corrected chi connectivity index (χ2v) is 6.86. The average molecular weight is 305 g/mol. The van der Waals surface area contributed by atoms with Gasteiger partial charge in [0.15, 0.2) is 0 Å². The van der Waals surface area contributed by atoms with Crippen LogP contribution in [-0.4, -0.2) is 23.1 Å². The topological polar surface area (TPSA) is 47.0 Å². The van der Waals surface area contributed by atoms with Gasteiger partial charge in [-0.05, 0) is 11.0 Å². The third-order valence-electron chi connectivity index (χ3n) is 3.26. The van der Waals surface area contributed by atoms with Gasteiger partial charge in [0.2, 0.25) is 5.13 Å². The Bertz CT molecular complexity index is 548.